The fraction of sp³-hybridized carbons (Fsp3) is 0.562. The van der Waals surface area contributed by atoms with Crippen LogP contribution in [0.3, 0.4) is 0 Å². The monoisotopic (exact) mass is 281 g/mol. The van der Waals surface area contributed by atoms with Gasteiger partial charge in [0.05, 0.1) is 11.3 Å². The number of hydrogen-bond donors (Lipinski definition) is 2. The molecule has 0 aliphatic heterocycles. The molecule has 0 aliphatic rings. The van der Waals surface area contributed by atoms with Crippen LogP contribution in [-0.2, 0) is 0 Å². The van der Waals surface area contributed by atoms with Crippen LogP contribution in [-0.4, -0.2) is 17.1 Å². The average molecular weight is 281 g/mol. The van der Waals surface area contributed by atoms with Gasteiger partial charge in [0.2, 0.25) is 0 Å². The van der Waals surface area contributed by atoms with Gasteiger partial charge in [-0.2, -0.15) is 0 Å². The maximum absolute atomic E-state index is 13.8. The summed E-state index contributed by atoms with van der Waals surface area (Å²) in [6, 6.07) is 4.00. The minimum atomic E-state index is -1.04. The molecule has 20 heavy (non-hydrogen) atoms. The second kappa shape index (κ2) is 7.27. The lowest BCUT2D eigenvalue weighted by molar-refractivity contribution is 0.0697. The van der Waals surface area contributed by atoms with Crippen LogP contribution < -0.4 is 5.32 Å². The minimum Gasteiger partial charge on any atom is -0.478 e. The number of nitrogens with one attached hydrogen (secondary N) is 1. The van der Waals surface area contributed by atoms with Gasteiger partial charge in [-0.3, -0.25) is 0 Å². The van der Waals surface area contributed by atoms with Crippen LogP contribution in [0.1, 0.15) is 50.9 Å². The van der Waals surface area contributed by atoms with Crippen molar-refractivity contribution in [2.45, 2.75) is 46.6 Å². The standard InChI is InChI=1S/C16H24FNO2/c1-10(2)7-13(8-11(3)4)18-15-9-12(16(19)20)5-6-14(15)17/h5-6,9-11,13,18H,7-8H2,1-4H3,(H,19,20). The van der Waals surface area contributed by atoms with E-state index in [9.17, 15) is 9.18 Å². The molecule has 0 saturated heterocycles. The molecule has 0 radical (unpaired) electrons. The molecule has 1 rings (SSSR count). The topological polar surface area (TPSA) is 49.3 Å². The zero-order chi connectivity index (χ0) is 15.3. The van der Waals surface area contributed by atoms with Gasteiger partial charge in [0.25, 0.3) is 0 Å². The van der Waals surface area contributed by atoms with Crippen molar-refractivity contribution < 1.29 is 14.3 Å². The first-order valence-corrected chi connectivity index (χ1v) is 7.09. The molecule has 0 unspecified atom stereocenters. The third-order valence-corrected chi connectivity index (χ3v) is 3.08. The maximum Gasteiger partial charge on any atom is 0.335 e. The molecule has 112 valence electrons. The van der Waals surface area contributed by atoms with Crippen LogP contribution in [0.4, 0.5) is 10.1 Å². The Hall–Kier alpha value is -1.58. The van der Waals surface area contributed by atoms with Gasteiger partial charge >= 0.3 is 5.97 Å². The minimum absolute atomic E-state index is 0.0988. The summed E-state index contributed by atoms with van der Waals surface area (Å²) < 4.78 is 13.8. The summed E-state index contributed by atoms with van der Waals surface area (Å²) in [7, 11) is 0. The van der Waals surface area contributed by atoms with Gasteiger partial charge in [-0.1, -0.05) is 27.7 Å². The lowest BCUT2D eigenvalue weighted by Gasteiger charge is -2.24. The molecule has 4 heteroatoms. The van der Waals surface area contributed by atoms with Crippen LogP contribution in [0, 0.1) is 17.7 Å². The number of carboxylic acid groups (broad SMARTS) is 1. The number of rotatable bonds is 7. The third-order valence-electron chi connectivity index (χ3n) is 3.08. The Bertz CT molecular complexity index is 448. The molecule has 0 aliphatic carbocycles. The van der Waals surface area contributed by atoms with Crippen molar-refractivity contribution in [3.8, 4) is 0 Å². The number of carbonyl (C=O) groups is 1. The van der Waals surface area contributed by atoms with E-state index in [0.717, 1.165) is 12.8 Å². The van der Waals surface area contributed by atoms with Crippen molar-refractivity contribution in [1.82, 2.24) is 0 Å². The summed E-state index contributed by atoms with van der Waals surface area (Å²) >= 11 is 0. The molecular weight excluding hydrogens is 257 g/mol. The third kappa shape index (κ3) is 5.19. The van der Waals surface area contributed by atoms with E-state index in [1.54, 1.807) is 0 Å². The van der Waals surface area contributed by atoms with Gasteiger partial charge in [0, 0.05) is 6.04 Å². The van der Waals surface area contributed by atoms with Gasteiger partial charge in [-0.25, -0.2) is 9.18 Å². The largest absolute Gasteiger partial charge is 0.478 e. The summed E-state index contributed by atoms with van der Waals surface area (Å²) in [5.74, 6) is -0.459. The van der Waals surface area contributed by atoms with Gasteiger partial charge in [0.15, 0.2) is 0 Å². The van der Waals surface area contributed by atoms with Crippen molar-refractivity contribution in [3.63, 3.8) is 0 Å². The molecule has 1 aromatic carbocycles. The molecule has 1 aromatic rings. The van der Waals surface area contributed by atoms with E-state index in [-0.39, 0.29) is 17.3 Å². The Balaban J connectivity index is 2.91. The molecule has 0 spiro atoms. The first-order valence-electron chi connectivity index (χ1n) is 7.09. The van der Waals surface area contributed by atoms with Crippen molar-refractivity contribution in [2.75, 3.05) is 5.32 Å². The van der Waals surface area contributed by atoms with E-state index in [2.05, 4.69) is 33.0 Å². The van der Waals surface area contributed by atoms with E-state index in [4.69, 9.17) is 5.11 Å². The Kier molecular flexibility index (Phi) is 5.99. The Morgan fingerprint density at radius 2 is 1.75 bits per heavy atom. The number of halogens is 1. The summed E-state index contributed by atoms with van der Waals surface area (Å²) in [4.78, 5) is 11.0. The lowest BCUT2D eigenvalue weighted by atomic mass is 9.95. The zero-order valence-electron chi connectivity index (χ0n) is 12.6. The zero-order valence-corrected chi connectivity index (χ0v) is 12.6. The number of anilines is 1. The van der Waals surface area contributed by atoms with E-state index < -0.39 is 11.8 Å². The molecule has 0 heterocycles. The first-order chi connectivity index (χ1) is 9.29. The van der Waals surface area contributed by atoms with E-state index in [0.29, 0.717) is 11.8 Å². The number of aromatic carboxylic acids is 1. The SMILES string of the molecule is CC(C)CC(CC(C)C)Nc1cc(C(=O)O)ccc1F. The normalized spacial score (nSPS) is 11.4. The fourth-order valence-corrected chi connectivity index (χ4v) is 2.34. The average Bonchev–Trinajstić information content (AvgIpc) is 2.29. The lowest BCUT2D eigenvalue weighted by Crippen LogP contribution is -2.24. The highest BCUT2D eigenvalue weighted by atomic mass is 19.1. The van der Waals surface area contributed by atoms with Crippen LogP contribution in [0.5, 0.6) is 0 Å². The highest BCUT2D eigenvalue weighted by molar-refractivity contribution is 5.88. The van der Waals surface area contributed by atoms with E-state index in [1.165, 1.54) is 18.2 Å². The summed E-state index contributed by atoms with van der Waals surface area (Å²) in [6.07, 6.45) is 1.85. The highest BCUT2D eigenvalue weighted by Crippen LogP contribution is 2.22. The van der Waals surface area contributed by atoms with Gasteiger partial charge in [0.1, 0.15) is 5.82 Å². The highest BCUT2D eigenvalue weighted by Gasteiger charge is 2.16. The molecular formula is C16H24FNO2. The van der Waals surface area contributed by atoms with Crippen molar-refractivity contribution in [1.29, 1.82) is 0 Å². The molecule has 0 aromatic heterocycles. The molecule has 0 bridgehead atoms. The quantitative estimate of drug-likeness (QED) is 0.779. The Morgan fingerprint density at radius 3 is 2.20 bits per heavy atom. The van der Waals surface area contributed by atoms with Crippen LogP contribution >= 0.6 is 0 Å². The Labute approximate surface area is 120 Å². The van der Waals surface area contributed by atoms with Gasteiger partial charge < -0.3 is 10.4 Å². The predicted molar refractivity (Wildman–Crippen MR) is 79.7 cm³/mol. The van der Waals surface area contributed by atoms with Crippen LogP contribution in [0.25, 0.3) is 0 Å². The smallest absolute Gasteiger partial charge is 0.335 e. The first kappa shape index (κ1) is 16.5. The number of benzene rings is 1. The Morgan fingerprint density at radius 1 is 1.20 bits per heavy atom. The predicted octanol–water partition coefficient (Wildman–Crippen LogP) is 4.40. The second-order valence-corrected chi connectivity index (χ2v) is 6.10. The van der Waals surface area contributed by atoms with Gasteiger partial charge in [-0.05, 0) is 42.9 Å². The van der Waals surface area contributed by atoms with E-state index >= 15 is 0 Å². The van der Waals surface area contributed by atoms with Gasteiger partial charge in [-0.15, -0.1) is 0 Å². The molecule has 0 saturated carbocycles. The van der Waals surface area contributed by atoms with Crippen molar-refractivity contribution >= 4 is 11.7 Å². The van der Waals surface area contributed by atoms with Crippen LogP contribution in [0.2, 0.25) is 0 Å². The molecule has 2 N–H and O–H groups in total. The molecule has 0 fully saturated rings. The molecule has 0 atom stereocenters. The van der Waals surface area contributed by atoms with Crippen molar-refractivity contribution in [3.05, 3.63) is 29.6 Å². The molecule has 0 amide bonds. The summed E-state index contributed by atoms with van der Waals surface area (Å²) in [6.45, 7) is 8.50. The molecule has 3 nitrogen and oxygen atoms in total. The maximum atomic E-state index is 13.8. The summed E-state index contributed by atoms with van der Waals surface area (Å²) in [5, 5.41) is 12.1. The second-order valence-electron chi connectivity index (χ2n) is 6.10. The summed E-state index contributed by atoms with van der Waals surface area (Å²) in [5.41, 5.74) is 0.373. The van der Waals surface area contributed by atoms with Crippen LogP contribution in [0.15, 0.2) is 18.2 Å². The van der Waals surface area contributed by atoms with Crippen molar-refractivity contribution in [2.24, 2.45) is 11.8 Å². The van der Waals surface area contributed by atoms with E-state index in [1.807, 2.05) is 0 Å². The fourth-order valence-electron chi connectivity index (χ4n) is 2.34. The number of hydrogen-bond acceptors (Lipinski definition) is 2. The number of carboxylic acids is 1.